The van der Waals surface area contributed by atoms with E-state index in [-0.39, 0.29) is 11.0 Å². The van der Waals surface area contributed by atoms with Crippen LogP contribution in [0.2, 0.25) is 0 Å². The zero-order valence-electron chi connectivity index (χ0n) is 12.6. The summed E-state index contributed by atoms with van der Waals surface area (Å²) in [6.45, 7) is 7.05. The lowest BCUT2D eigenvalue weighted by Crippen LogP contribution is -2.41. The highest BCUT2D eigenvalue weighted by Gasteiger charge is 2.52. The second-order valence-corrected chi connectivity index (χ2v) is 6.10. The molecule has 114 valence electrons. The maximum Gasteiger partial charge on any atom is 0.492 e. The summed E-state index contributed by atoms with van der Waals surface area (Å²) in [6, 6.07) is 3.61. The zero-order chi connectivity index (χ0) is 15.8. The van der Waals surface area contributed by atoms with Crippen molar-refractivity contribution in [3.63, 3.8) is 0 Å². The number of aliphatic hydroxyl groups is 1. The molecule has 0 bridgehead atoms. The van der Waals surface area contributed by atoms with E-state index in [1.54, 1.807) is 0 Å². The molecule has 21 heavy (non-hydrogen) atoms. The van der Waals surface area contributed by atoms with Crippen molar-refractivity contribution in [2.75, 3.05) is 6.61 Å². The van der Waals surface area contributed by atoms with Gasteiger partial charge in [0.25, 0.3) is 0 Å². The monoisotopic (exact) mass is 296 g/mol. The van der Waals surface area contributed by atoms with Gasteiger partial charge in [0, 0.05) is 5.56 Å². The Bertz CT molecular complexity index is 534. The highest BCUT2D eigenvalue weighted by molar-refractivity contribution is 6.55. The first-order chi connectivity index (χ1) is 9.68. The van der Waals surface area contributed by atoms with Crippen molar-refractivity contribution in [1.29, 1.82) is 0 Å². The molecular weight excluding hydrogens is 277 g/mol. The molecule has 1 aliphatic heterocycles. The first-order valence-electron chi connectivity index (χ1n) is 6.79. The van der Waals surface area contributed by atoms with Crippen LogP contribution in [-0.2, 0) is 9.31 Å². The summed E-state index contributed by atoms with van der Waals surface area (Å²) in [5, 5.41) is 9.50. The maximum absolute atomic E-state index is 13.7. The normalized spacial score (nSPS) is 20.9. The molecule has 1 heterocycles. The maximum atomic E-state index is 13.7. The quantitative estimate of drug-likeness (QED) is 0.872. The fourth-order valence-electron chi connectivity index (χ4n) is 2.02. The molecule has 0 aliphatic carbocycles. The van der Waals surface area contributed by atoms with Gasteiger partial charge in [0.05, 0.1) is 17.8 Å². The molecule has 1 fully saturated rings. The van der Waals surface area contributed by atoms with Crippen molar-refractivity contribution in [2.24, 2.45) is 0 Å². The van der Waals surface area contributed by atoms with Gasteiger partial charge in [-0.15, -0.1) is 0 Å². The van der Waals surface area contributed by atoms with Gasteiger partial charge in [-0.05, 0) is 45.3 Å². The van der Waals surface area contributed by atoms with Crippen molar-refractivity contribution in [1.82, 2.24) is 0 Å². The van der Waals surface area contributed by atoms with Gasteiger partial charge >= 0.3 is 7.12 Å². The van der Waals surface area contributed by atoms with Gasteiger partial charge in [0.15, 0.2) is 0 Å². The second-order valence-electron chi connectivity index (χ2n) is 6.10. The van der Waals surface area contributed by atoms with Gasteiger partial charge in [-0.25, -0.2) is 8.78 Å². The van der Waals surface area contributed by atoms with Crippen molar-refractivity contribution in [2.45, 2.75) is 38.9 Å². The van der Waals surface area contributed by atoms with E-state index >= 15 is 0 Å². The molecule has 2 rings (SSSR count). The standard InChI is InChI=1S/C15H19BF2O3/c1-14(2)15(3,4)21-16(20-14)10(9-19)8-11-12(17)6-5-7-13(11)18/h5-8,19H,9H2,1-4H3. The molecule has 0 atom stereocenters. The number of benzene rings is 1. The third kappa shape index (κ3) is 3.02. The van der Waals surface area contributed by atoms with E-state index < -0.39 is 36.6 Å². The van der Waals surface area contributed by atoms with Crippen molar-refractivity contribution < 1.29 is 23.2 Å². The van der Waals surface area contributed by atoms with Crippen molar-refractivity contribution in [3.05, 3.63) is 40.9 Å². The summed E-state index contributed by atoms with van der Waals surface area (Å²) in [7, 11) is -0.834. The number of aliphatic hydroxyl groups excluding tert-OH is 1. The van der Waals surface area contributed by atoms with Crippen LogP contribution in [0.4, 0.5) is 8.78 Å². The molecule has 0 amide bonds. The molecule has 3 nitrogen and oxygen atoms in total. The Morgan fingerprint density at radius 2 is 1.62 bits per heavy atom. The van der Waals surface area contributed by atoms with Gasteiger partial charge in [0.2, 0.25) is 0 Å². The Morgan fingerprint density at radius 3 is 2.05 bits per heavy atom. The third-order valence-electron chi connectivity index (χ3n) is 4.07. The van der Waals surface area contributed by atoms with Crippen molar-refractivity contribution in [3.8, 4) is 0 Å². The average molecular weight is 296 g/mol. The molecular formula is C15H19BF2O3. The summed E-state index contributed by atoms with van der Waals surface area (Å²) >= 11 is 0. The molecule has 1 N–H and O–H groups in total. The van der Waals surface area contributed by atoms with E-state index in [1.165, 1.54) is 12.1 Å². The summed E-state index contributed by atoms with van der Waals surface area (Å²) in [6.07, 6.45) is 1.24. The van der Waals surface area contributed by atoms with Crippen LogP contribution in [0.5, 0.6) is 0 Å². The van der Waals surface area contributed by atoms with E-state index in [0.717, 1.165) is 12.1 Å². The minimum Gasteiger partial charge on any atom is -0.400 e. The molecule has 1 aromatic carbocycles. The largest absolute Gasteiger partial charge is 0.492 e. The highest BCUT2D eigenvalue weighted by atomic mass is 19.1. The summed E-state index contributed by atoms with van der Waals surface area (Å²) < 4.78 is 38.9. The van der Waals surface area contributed by atoms with Crippen LogP contribution in [0.15, 0.2) is 23.7 Å². The van der Waals surface area contributed by atoms with Crippen molar-refractivity contribution >= 4 is 13.2 Å². The van der Waals surface area contributed by atoms with Gasteiger partial charge in [-0.3, -0.25) is 0 Å². The van der Waals surface area contributed by atoms with Gasteiger partial charge in [0.1, 0.15) is 11.6 Å². The molecule has 0 saturated carbocycles. The number of hydrogen-bond donors (Lipinski definition) is 1. The van der Waals surface area contributed by atoms with E-state index in [2.05, 4.69) is 0 Å². The molecule has 6 heteroatoms. The number of rotatable bonds is 3. The molecule has 1 aliphatic rings. The van der Waals surface area contributed by atoms with Crippen LogP contribution < -0.4 is 0 Å². The zero-order valence-corrected chi connectivity index (χ0v) is 12.6. The molecule has 1 saturated heterocycles. The molecule has 0 unspecified atom stereocenters. The lowest BCUT2D eigenvalue weighted by Gasteiger charge is -2.32. The van der Waals surface area contributed by atoms with E-state index in [9.17, 15) is 13.9 Å². The highest BCUT2D eigenvalue weighted by Crippen LogP contribution is 2.38. The Hall–Kier alpha value is -1.24. The molecule has 0 radical (unpaired) electrons. The fraction of sp³-hybridized carbons (Fsp3) is 0.467. The van der Waals surface area contributed by atoms with E-state index in [0.29, 0.717) is 0 Å². The lowest BCUT2D eigenvalue weighted by molar-refractivity contribution is 0.00578. The van der Waals surface area contributed by atoms with Crippen LogP contribution in [0.25, 0.3) is 6.08 Å². The Balaban J connectivity index is 2.36. The number of hydrogen-bond acceptors (Lipinski definition) is 3. The summed E-state index contributed by atoms with van der Waals surface area (Å²) in [5.41, 5.74) is -1.10. The third-order valence-corrected chi connectivity index (χ3v) is 4.07. The van der Waals surface area contributed by atoms with Crippen LogP contribution in [-0.4, -0.2) is 30.0 Å². The fourth-order valence-corrected chi connectivity index (χ4v) is 2.02. The van der Waals surface area contributed by atoms with Crippen LogP contribution in [0.1, 0.15) is 33.3 Å². The average Bonchev–Trinajstić information content (AvgIpc) is 2.58. The SMILES string of the molecule is CC1(C)OB(C(=Cc2c(F)cccc2F)CO)OC1(C)C. The first-order valence-corrected chi connectivity index (χ1v) is 6.79. The molecule has 0 spiro atoms. The Morgan fingerprint density at radius 1 is 1.14 bits per heavy atom. The van der Waals surface area contributed by atoms with Gasteiger partial charge in [-0.2, -0.15) is 0 Å². The van der Waals surface area contributed by atoms with E-state index in [1.807, 2.05) is 27.7 Å². The smallest absolute Gasteiger partial charge is 0.400 e. The summed E-state index contributed by atoms with van der Waals surface area (Å²) in [4.78, 5) is 0. The first kappa shape index (κ1) is 16.1. The predicted octanol–water partition coefficient (Wildman–Crippen LogP) is 2.97. The summed E-state index contributed by atoms with van der Waals surface area (Å²) in [5.74, 6) is -1.39. The molecule has 1 aromatic rings. The van der Waals surface area contributed by atoms with Gasteiger partial charge in [-0.1, -0.05) is 12.1 Å². The topological polar surface area (TPSA) is 38.7 Å². The van der Waals surface area contributed by atoms with Gasteiger partial charge < -0.3 is 14.4 Å². The predicted molar refractivity (Wildman–Crippen MR) is 77.5 cm³/mol. The van der Waals surface area contributed by atoms with Crippen LogP contribution in [0, 0.1) is 11.6 Å². The second kappa shape index (κ2) is 5.52. The number of halogens is 2. The minimum absolute atomic E-state index is 0.212. The minimum atomic E-state index is -0.834. The van der Waals surface area contributed by atoms with Crippen LogP contribution in [0.3, 0.4) is 0 Å². The Labute approximate surface area is 123 Å². The molecule has 0 aromatic heterocycles. The Kier molecular flexibility index (Phi) is 4.24. The van der Waals surface area contributed by atoms with E-state index in [4.69, 9.17) is 9.31 Å². The lowest BCUT2D eigenvalue weighted by atomic mass is 9.77. The van der Waals surface area contributed by atoms with Crippen LogP contribution >= 0.6 is 0 Å².